The van der Waals surface area contributed by atoms with Crippen molar-refractivity contribution in [2.45, 2.75) is 78.6 Å². The highest BCUT2D eigenvalue weighted by Crippen LogP contribution is 2.42. The van der Waals surface area contributed by atoms with Crippen LogP contribution in [-0.4, -0.2) is 78.4 Å². The molecule has 0 radical (unpaired) electrons. The molecule has 0 unspecified atom stereocenters. The Morgan fingerprint density at radius 3 is 2.43 bits per heavy atom. The maximum absolute atomic E-state index is 15.8. The second-order valence-corrected chi connectivity index (χ2v) is 22.1. The third-order valence-electron chi connectivity index (χ3n) is 8.80. The Kier molecular flexibility index (Phi) is 13.1. The molecule has 0 bridgehead atoms. The highest BCUT2D eigenvalue weighted by molar-refractivity contribution is 7.99. The summed E-state index contributed by atoms with van der Waals surface area (Å²) in [6.45, 7) is 15.6. The van der Waals surface area contributed by atoms with Crippen molar-refractivity contribution >= 4 is 31.8 Å². The summed E-state index contributed by atoms with van der Waals surface area (Å²) in [7, 11) is -1.42. The molecule has 2 amide bonds. The fourth-order valence-corrected chi connectivity index (χ4v) is 7.78. The first-order valence-electron chi connectivity index (χ1n) is 17.2. The van der Waals surface area contributed by atoms with Gasteiger partial charge in [-0.1, -0.05) is 77.7 Å². The zero-order valence-corrected chi connectivity index (χ0v) is 31.8. The minimum Gasteiger partial charge on any atom is -0.450 e. The molecule has 0 N–H and O–H groups in total. The fourth-order valence-electron chi connectivity index (χ4n) is 6.29. The molecule has 2 heterocycles. The van der Waals surface area contributed by atoms with Crippen LogP contribution in [-0.2, 0) is 16.1 Å². The van der Waals surface area contributed by atoms with Gasteiger partial charge in [0.25, 0.3) is 0 Å². The van der Waals surface area contributed by atoms with E-state index < -0.39 is 49.3 Å². The van der Waals surface area contributed by atoms with E-state index in [-0.39, 0.29) is 36.9 Å². The number of carbonyl (C=O) groups excluding carboxylic acids is 2. The van der Waals surface area contributed by atoms with E-state index in [2.05, 4.69) is 26.6 Å². The smallest absolute Gasteiger partial charge is 0.409 e. The van der Waals surface area contributed by atoms with E-state index in [0.29, 0.717) is 18.7 Å². The van der Waals surface area contributed by atoms with Crippen LogP contribution in [0.1, 0.15) is 51.4 Å². The van der Waals surface area contributed by atoms with E-state index in [1.165, 1.54) is 22.7 Å². The third-order valence-corrected chi connectivity index (χ3v) is 11.7. The lowest BCUT2D eigenvalue weighted by Gasteiger charge is -2.42. The number of hydrogen-bond donors (Lipinski definition) is 0. The molecular weight excluding hydrogens is 664 g/mol. The van der Waals surface area contributed by atoms with Crippen molar-refractivity contribution in [2.24, 2.45) is 11.3 Å². The summed E-state index contributed by atoms with van der Waals surface area (Å²) < 4.78 is 52.9. The monoisotopic (exact) mass is 715 g/mol. The molecule has 0 aliphatic carbocycles. The number of thioether (sulfide) groups is 1. The van der Waals surface area contributed by atoms with Gasteiger partial charge in [0.2, 0.25) is 5.91 Å². The zero-order valence-electron chi connectivity index (χ0n) is 30.0. The van der Waals surface area contributed by atoms with Gasteiger partial charge in [0.05, 0.1) is 24.9 Å². The van der Waals surface area contributed by atoms with Crippen LogP contribution in [0.15, 0.2) is 60.8 Å². The van der Waals surface area contributed by atoms with Crippen molar-refractivity contribution in [3.8, 4) is 11.1 Å². The third kappa shape index (κ3) is 10.7. The standard InChI is InChI=1S/C38H52F3N3O3SSi/c1-8-17-48-26-35(45)44(24-29-23-43(25-33(29)41)37(46)47-16-18-49(5,6)7)36(38(2,3)4)34-19-28(31-20-30(39)14-15-32(31)40)22-42(34)21-27-12-10-9-11-13-27/h9-15,19-20,22,29,33,36H,8,16-18,21,23-26H2,1-7H3/t29-,33-,36-/m0/s1. The first kappa shape index (κ1) is 38.6. The van der Waals surface area contributed by atoms with Gasteiger partial charge in [-0.05, 0) is 53.5 Å². The van der Waals surface area contributed by atoms with Crippen LogP contribution in [0.2, 0.25) is 25.7 Å². The molecule has 1 saturated heterocycles. The molecule has 49 heavy (non-hydrogen) atoms. The summed E-state index contributed by atoms with van der Waals surface area (Å²) in [6, 6.07) is 15.3. The summed E-state index contributed by atoms with van der Waals surface area (Å²) in [5.41, 5.74) is 1.80. The number of carbonyl (C=O) groups is 2. The van der Waals surface area contributed by atoms with Crippen molar-refractivity contribution in [2.75, 3.05) is 37.7 Å². The van der Waals surface area contributed by atoms with Gasteiger partial charge in [-0.25, -0.2) is 18.0 Å². The van der Waals surface area contributed by atoms with Crippen molar-refractivity contribution in [3.05, 3.63) is 83.7 Å². The van der Waals surface area contributed by atoms with Gasteiger partial charge in [-0.2, -0.15) is 11.8 Å². The van der Waals surface area contributed by atoms with E-state index >= 15 is 8.78 Å². The highest BCUT2D eigenvalue weighted by atomic mass is 32.2. The molecule has 6 nitrogen and oxygen atoms in total. The number of aromatic nitrogens is 1. The fraction of sp³-hybridized carbons (Fsp3) is 0.526. The number of amides is 2. The number of halogens is 3. The average Bonchev–Trinajstić information content (AvgIpc) is 3.60. The number of alkyl halides is 1. The number of rotatable bonds is 14. The van der Waals surface area contributed by atoms with Gasteiger partial charge in [0, 0.05) is 56.6 Å². The van der Waals surface area contributed by atoms with E-state index in [1.54, 1.807) is 11.1 Å². The van der Waals surface area contributed by atoms with Crippen molar-refractivity contribution in [3.63, 3.8) is 0 Å². The number of hydrogen-bond acceptors (Lipinski definition) is 4. The molecular formula is C38H52F3N3O3SSi. The summed E-state index contributed by atoms with van der Waals surface area (Å²) in [5, 5.41) is 0. The molecule has 4 rings (SSSR count). The van der Waals surface area contributed by atoms with Gasteiger partial charge in [-0.15, -0.1) is 0 Å². The Bertz CT molecular complexity index is 1560. The van der Waals surface area contributed by atoms with E-state index in [4.69, 9.17) is 4.74 Å². The van der Waals surface area contributed by atoms with E-state index in [0.717, 1.165) is 41.6 Å². The number of benzene rings is 2. The summed E-state index contributed by atoms with van der Waals surface area (Å²) in [5.74, 6) is -0.829. The van der Waals surface area contributed by atoms with Gasteiger partial charge in [0.1, 0.15) is 17.8 Å². The maximum Gasteiger partial charge on any atom is 0.409 e. The van der Waals surface area contributed by atoms with Crippen LogP contribution in [0, 0.1) is 23.0 Å². The Balaban J connectivity index is 1.74. The molecule has 3 atom stereocenters. The molecule has 1 aliphatic rings. The Morgan fingerprint density at radius 2 is 1.78 bits per heavy atom. The first-order valence-corrected chi connectivity index (χ1v) is 22.1. The lowest BCUT2D eigenvalue weighted by molar-refractivity contribution is -0.134. The minimum absolute atomic E-state index is 0.0867. The Labute approximate surface area is 295 Å². The topological polar surface area (TPSA) is 54.8 Å². The molecule has 2 aromatic carbocycles. The van der Waals surface area contributed by atoms with Gasteiger partial charge in [-0.3, -0.25) is 4.79 Å². The lowest BCUT2D eigenvalue weighted by atomic mass is 9.82. The van der Waals surface area contributed by atoms with Crippen LogP contribution in [0.4, 0.5) is 18.0 Å². The Hall–Kier alpha value is -3.18. The number of ether oxygens (including phenoxy) is 1. The van der Waals surface area contributed by atoms with Crippen LogP contribution < -0.4 is 0 Å². The van der Waals surface area contributed by atoms with Gasteiger partial charge >= 0.3 is 6.09 Å². The minimum atomic E-state index is -1.42. The molecule has 3 aromatic rings. The second-order valence-electron chi connectivity index (χ2n) is 15.4. The van der Waals surface area contributed by atoms with Crippen LogP contribution in [0.25, 0.3) is 11.1 Å². The molecule has 0 saturated carbocycles. The number of likely N-dealkylation sites (tertiary alicyclic amines) is 1. The molecule has 1 aromatic heterocycles. The maximum atomic E-state index is 15.8. The largest absolute Gasteiger partial charge is 0.450 e. The SMILES string of the molecule is CCCSCC(=O)N(C[C@@H]1CN(C(=O)OCC[Si](C)(C)C)C[C@@H]1F)[C@@H](c1cc(-c2cc(F)ccc2F)cn1Cc1ccccc1)C(C)(C)C. The molecule has 0 spiro atoms. The van der Waals surface area contributed by atoms with E-state index in [1.807, 2.05) is 61.7 Å². The summed E-state index contributed by atoms with van der Waals surface area (Å²) in [6.07, 6.45) is 0.856. The van der Waals surface area contributed by atoms with Gasteiger partial charge < -0.3 is 19.1 Å². The highest BCUT2D eigenvalue weighted by Gasteiger charge is 2.43. The average molecular weight is 716 g/mol. The van der Waals surface area contributed by atoms with Crippen LogP contribution >= 0.6 is 11.8 Å². The molecule has 268 valence electrons. The zero-order chi connectivity index (χ0) is 35.9. The second kappa shape index (κ2) is 16.7. The normalized spacial score (nSPS) is 17.3. The molecule has 11 heteroatoms. The van der Waals surface area contributed by atoms with Crippen LogP contribution in [0.3, 0.4) is 0 Å². The Morgan fingerprint density at radius 1 is 1.06 bits per heavy atom. The predicted octanol–water partition coefficient (Wildman–Crippen LogP) is 9.29. The lowest BCUT2D eigenvalue weighted by Crippen LogP contribution is -2.46. The summed E-state index contributed by atoms with van der Waals surface area (Å²) >= 11 is 1.54. The van der Waals surface area contributed by atoms with Crippen LogP contribution in [0.5, 0.6) is 0 Å². The predicted molar refractivity (Wildman–Crippen MR) is 196 cm³/mol. The van der Waals surface area contributed by atoms with Crippen molar-refractivity contribution < 1.29 is 27.5 Å². The first-order chi connectivity index (χ1) is 23.1. The quantitative estimate of drug-likeness (QED) is 0.123. The van der Waals surface area contributed by atoms with Crippen molar-refractivity contribution in [1.82, 2.24) is 14.4 Å². The summed E-state index contributed by atoms with van der Waals surface area (Å²) in [4.78, 5) is 30.4. The molecule has 1 fully saturated rings. The van der Waals surface area contributed by atoms with E-state index in [9.17, 15) is 14.0 Å². The van der Waals surface area contributed by atoms with Crippen molar-refractivity contribution in [1.29, 1.82) is 0 Å². The number of nitrogens with zero attached hydrogens (tertiary/aromatic N) is 3. The molecule has 1 aliphatic heterocycles. The van der Waals surface area contributed by atoms with Gasteiger partial charge in [0.15, 0.2) is 0 Å².